The van der Waals surface area contributed by atoms with Gasteiger partial charge >= 0.3 is 12.0 Å². The molecule has 0 aliphatic carbocycles. The molecule has 0 saturated carbocycles. The molecule has 50 heavy (non-hydrogen) atoms. The molecule has 0 aliphatic rings. The van der Waals surface area contributed by atoms with Crippen molar-refractivity contribution < 1.29 is 19.1 Å². The molecule has 4 rings (SSSR count). The van der Waals surface area contributed by atoms with Gasteiger partial charge in [0.05, 0.1) is 6.61 Å². The quantitative estimate of drug-likeness (QED) is 0.0553. The van der Waals surface area contributed by atoms with E-state index in [1.807, 2.05) is 84.9 Å². The maximum atomic E-state index is 13.5. The zero-order chi connectivity index (χ0) is 35.6. The lowest BCUT2D eigenvalue weighted by atomic mass is 9.98. The van der Waals surface area contributed by atoms with E-state index < -0.39 is 6.04 Å². The Labute approximate surface area is 298 Å². The van der Waals surface area contributed by atoms with Crippen LogP contribution in [0.5, 0.6) is 0 Å². The van der Waals surface area contributed by atoms with Crippen LogP contribution >= 0.6 is 0 Å². The summed E-state index contributed by atoms with van der Waals surface area (Å²) in [7, 11) is 1.79. The Morgan fingerprint density at radius 1 is 0.700 bits per heavy atom. The van der Waals surface area contributed by atoms with Gasteiger partial charge in [-0.05, 0) is 53.8 Å². The summed E-state index contributed by atoms with van der Waals surface area (Å²) >= 11 is 0. The molecular weight excluding hydrogens is 622 g/mol. The standard InChI is InChI=1S/C43H53N3O4/c1-4-6-8-10-16-29-44-43(49)46(3)37-22-18-21-36(32-37)34-27-25-33(26-28-34)31-40(42(48)50-30-17-9-7-5-2)45-39-24-15-14-23-38(39)41(47)35-19-12-11-13-20-35/h11-15,18-28,32,40,45H,4-10,16-17,29-31H2,1-3H3,(H,44,49). The number of esters is 1. The predicted molar refractivity (Wildman–Crippen MR) is 205 cm³/mol. The number of anilines is 2. The van der Waals surface area contributed by atoms with Gasteiger partial charge in [-0.3, -0.25) is 9.69 Å². The highest BCUT2D eigenvalue weighted by Crippen LogP contribution is 2.26. The van der Waals surface area contributed by atoms with E-state index in [1.165, 1.54) is 19.3 Å². The van der Waals surface area contributed by atoms with Crippen molar-refractivity contribution in [2.45, 2.75) is 84.1 Å². The Hall–Kier alpha value is -4.91. The van der Waals surface area contributed by atoms with Gasteiger partial charge in [0.15, 0.2) is 5.78 Å². The first kappa shape index (κ1) is 37.9. The molecule has 2 N–H and O–H groups in total. The van der Waals surface area contributed by atoms with Gasteiger partial charge in [0.2, 0.25) is 0 Å². The minimum absolute atomic E-state index is 0.113. The van der Waals surface area contributed by atoms with E-state index in [-0.39, 0.29) is 17.8 Å². The lowest BCUT2D eigenvalue weighted by Gasteiger charge is -2.21. The molecule has 0 bridgehead atoms. The van der Waals surface area contributed by atoms with E-state index in [9.17, 15) is 14.4 Å². The molecule has 0 aromatic heterocycles. The minimum Gasteiger partial charge on any atom is -0.464 e. The van der Waals surface area contributed by atoms with E-state index in [4.69, 9.17) is 4.74 Å². The highest BCUT2D eigenvalue weighted by molar-refractivity contribution is 6.12. The first-order valence-corrected chi connectivity index (χ1v) is 18.2. The number of ketones is 1. The average molecular weight is 676 g/mol. The molecule has 1 unspecified atom stereocenters. The lowest BCUT2D eigenvalue weighted by molar-refractivity contribution is -0.144. The molecular formula is C43H53N3O4. The van der Waals surface area contributed by atoms with Crippen LogP contribution in [0, 0.1) is 0 Å². The zero-order valence-corrected chi connectivity index (χ0v) is 30.0. The molecule has 0 heterocycles. The number of urea groups is 1. The second kappa shape index (κ2) is 20.6. The van der Waals surface area contributed by atoms with Crippen molar-refractivity contribution in [3.63, 3.8) is 0 Å². The Morgan fingerprint density at radius 3 is 2.12 bits per heavy atom. The first-order chi connectivity index (χ1) is 24.4. The Morgan fingerprint density at radius 2 is 1.38 bits per heavy atom. The second-order valence-corrected chi connectivity index (χ2v) is 12.8. The van der Waals surface area contributed by atoms with Gasteiger partial charge in [-0.1, -0.05) is 138 Å². The van der Waals surface area contributed by atoms with Gasteiger partial charge in [-0.15, -0.1) is 0 Å². The predicted octanol–water partition coefficient (Wildman–Crippen LogP) is 9.85. The summed E-state index contributed by atoms with van der Waals surface area (Å²) in [5.41, 5.74) is 5.43. The van der Waals surface area contributed by atoms with Gasteiger partial charge in [0, 0.05) is 42.5 Å². The fourth-order valence-corrected chi connectivity index (χ4v) is 5.86. The number of unbranched alkanes of at least 4 members (excludes halogenated alkanes) is 7. The fraction of sp³-hybridized carbons (Fsp3) is 0.372. The largest absolute Gasteiger partial charge is 0.464 e. The summed E-state index contributed by atoms with van der Waals surface area (Å²) in [5, 5.41) is 6.40. The van der Waals surface area contributed by atoms with Crippen LogP contribution < -0.4 is 15.5 Å². The zero-order valence-electron chi connectivity index (χ0n) is 30.0. The van der Waals surface area contributed by atoms with Crippen LogP contribution in [0.4, 0.5) is 16.2 Å². The molecule has 2 amide bonds. The van der Waals surface area contributed by atoms with E-state index >= 15 is 0 Å². The van der Waals surface area contributed by atoms with Crippen LogP contribution in [-0.2, 0) is 16.0 Å². The summed E-state index contributed by atoms with van der Waals surface area (Å²) in [6.45, 7) is 5.38. The van der Waals surface area contributed by atoms with E-state index in [0.29, 0.717) is 36.4 Å². The van der Waals surface area contributed by atoms with Crippen LogP contribution in [0.1, 0.15) is 93.1 Å². The van der Waals surface area contributed by atoms with Crippen LogP contribution in [0.3, 0.4) is 0 Å². The number of hydrogen-bond donors (Lipinski definition) is 2. The molecule has 0 fully saturated rings. The average Bonchev–Trinajstić information content (AvgIpc) is 3.16. The molecule has 7 heteroatoms. The highest BCUT2D eigenvalue weighted by atomic mass is 16.5. The van der Waals surface area contributed by atoms with Crippen molar-refractivity contribution in [3.8, 4) is 11.1 Å². The molecule has 0 radical (unpaired) electrons. The van der Waals surface area contributed by atoms with Crippen molar-refractivity contribution in [1.29, 1.82) is 0 Å². The molecule has 0 aliphatic heterocycles. The first-order valence-electron chi connectivity index (χ1n) is 18.2. The number of nitrogens with one attached hydrogen (secondary N) is 2. The Bertz CT molecular complexity index is 1640. The van der Waals surface area contributed by atoms with E-state index in [0.717, 1.165) is 60.9 Å². The Kier molecular flexibility index (Phi) is 15.6. The molecule has 7 nitrogen and oxygen atoms in total. The number of hydrogen-bond acceptors (Lipinski definition) is 5. The second-order valence-electron chi connectivity index (χ2n) is 12.8. The number of ether oxygens (including phenoxy) is 1. The van der Waals surface area contributed by atoms with Crippen LogP contribution in [-0.4, -0.2) is 44.0 Å². The maximum Gasteiger partial charge on any atom is 0.328 e. The number of carbonyl (C=O) groups is 3. The van der Waals surface area contributed by atoms with Crippen molar-refractivity contribution in [3.05, 3.63) is 120 Å². The molecule has 1 atom stereocenters. The van der Waals surface area contributed by atoms with Crippen LogP contribution in [0.25, 0.3) is 11.1 Å². The summed E-state index contributed by atoms with van der Waals surface area (Å²) in [6.07, 6.45) is 10.2. The number of nitrogens with zero attached hydrogens (tertiary/aromatic N) is 1. The molecule has 0 spiro atoms. The smallest absolute Gasteiger partial charge is 0.328 e. The number of amides is 2. The van der Waals surface area contributed by atoms with Crippen LogP contribution in [0.15, 0.2) is 103 Å². The summed E-state index contributed by atoms with van der Waals surface area (Å²) < 4.78 is 5.75. The lowest BCUT2D eigenvalue weighted by Crippen LogP contribution is -2.37. The van der Waals surface area contributed by atoms with Crippen molar-refractivity contribution >= 4 is 29.2 Å². The third-order valence-corrected chi connectivity index (χ3v) is 8.89. The number of para-hydroxylation sites is 1. The molecule has 0 saturated heterocycles. The minimum atomic E-state index is -0.695. The summed E-state index contributed by atoms with van der Waals surface area (Å²) in [5.74, 6) is -0.458. The summed E-state index contributed by atoms with van der Waals surface area (Å²) in [6, 6.07) is 31.7. The van der Waals surface area contributed by atoms with Gasteiger partial charge in [-0.25, -0.2) is 9.59 Å². The topological polar surface area (TPSA) is 87.7 Å². The third-order valence-electron chi connectivity index (χ3n) is 8.89. The van der Waals surface area contributed by atoms with E-state index in [2.05, 4.69) is 24.5 Å². The number of carbonyl (C=O) groups excluding carboxylic acids is 3. The van der Waals surface area contributed by atoms with Crippen molar-refractivity contribution in [2.75, 3.05) is 30.4 Å². The molecule has 4 aromatic rings. The third kappa shape index (κ3) is 11.6. The van der Waals surface area contributed by atoms with Crippen LogP contribution in [0.2, 0.25) is 0 Å². The van der Waals surface area contributed by atoms with Gasteiger partial charge < -0.3 is 15.4 Å². The van der Waals surface area contributed by atoms with Crippen molar-refractivity contribution in [2.24, 2.45) is 0 Å². The normalized spacial score (nSPS) is 11.4. The maximum absolute atomic E-state index is 13.5. The van der Waals surface area contributed by atoms with Gasteiger partial charge in [0.1, 0.15) is 6.04 Å². The SMILES string of the molecule is CCCCCCCNC(=O)N(C)c1cccc(-c2ccc(CC(Nc3ccccc3C(=O)c3ccccc3)C(=O)OCCCCCC)cc2)c1. The number of benzene rings is 4. The summed E-state index contributed by atoms with van der Waals surface area (Å²) in [4.78, 5) is 41.4. The van der Waals surface area contributed by atoms with Crippen molar-refractivity contribution in [1.82, 2.24) is 5.32 Å². The van der Waals surface area contributed by atoms with E-state index in [1.54, 1.807) is 30.1 Å². The monoisotopic (exact) mass is 675 g/mol. The fourth-order valence-electron chi connectivity index (χ4n) is 5.86. The number of rotatable bonds is 20. The molecule has 264 valence electrons. The Balaban J connectivity index is 1.46. The highest BCUT2D eigenvalue weighted by Gasteiger charge is 2.23. The van der Waals surface area contributed by atoms with Gasteiger partial charge in [0.25, 0.3) is 0 Å². The molecule has 4 aromatic carbocycles. The van der Waals surface area contributed by atoms with Gasteiger partial charge in [-0.2, -0.15) is 0 Å².